The predicted molar refractivity (Wildman–Crippen MR) is 151 cm³/mol. The fraction of sp³-hybridized carbons (Fsp3) is 0.310. The molecule has 0 saturated heterocycles. The van der Waals surface area contributed by atoms with Gasteiger partial charge in [-0.15, -0.1) is 11.3 Å². The topological polar surface area (TPSA) is 83.5 Å². The lowest BCUT2D eigenvalue weighted by Crippen LogP contribution is -2.34. The lowest BCUT2D eigenvalue weighted by atomic mass is 10.0. The van der Waals surface area contributed by atoms with Crippen LogP contribution >= 0.6 is 11.3 Å². The summed E-state index contributed by atoms with van der Waals surface area (Å²) in [4.78, 5) is 32.1. The average Bonchev–Trinajstić information content (AvgIpc) is 3.32. The largest absolute Gasteiger partial charge is 0.374 e. The Morgan fingerprint density at radius 1 is 1.18 bits per heavy atom. The van der Waals surface area contributed by atoms with Crippen LogP contribution in [-0.2, 0) is 29.1 Å². The molecule has 4 heterocycles. The molecule has 0 bridgehead atoms. The molecular formula is C29H32N6O2S. The molecule has 0 fully saturated rings. The van der Waals surface area contributed by atoms with E-state index in [1.165, 1.54) is 10.4 Å². The van der Waals surface area contributed by atoms with Crippen molar-refractivity contribution in [3.05, 3.63) is 94.9 Å². The summed E-state index contributed by atoms with van der Waals surface area (Å²) in [6, 6.07) is 14.1. The van der Waals surface area contributed by atoms with Crippen LogP contribution in [0.2, 0.25) is 0 Å². The highest BCUT2D eigenvalue weighted by molar-refractivity contribution is 7.19. The van der Waals surface area contributed by atoms with Gasteiger partial charge in [-0.2, -0.15) is 0 Å². The van der Waals surface area contributed by atoms with E-state index in [9.17, 15) is 4.79 Å². The lowest BCUT2D eigenvalue weighted by molar-refractivity contribution is -0.126. The Morgan fingerprint density at radius 2 is 2.00 bits per heavy atom. The number of rotatable bonds is 10. The van der Waals surface area contributed by atoms with Gasteiger partial charge in [-0.1, -0.05) is 36.4 Å². The van der Waals surface area contributed by atoms with Crippen molar-refractivity contribution in [2.24, 2.45) is 0 Å². The van der Waals surface area contributed by atoms with Crippen molar-refractivity contribution in [3.8, 4) is 0 Å². The standard InChI is InChI=1S/C29H32N6O2S/c1-34(2)15-6-9-26(36)35-16-12-23-25(17-35)38-29-27(23)28(31-20-32-29)33-24(22-7-4-3-5-8-22)19-37-18-21-10-13-30-14-11-21/h3-11,13-14,20,24H,12,15-19H2,1-2H3,(H,31,32,33)/t24-/m1/s1. The highest BCUT2D eigenvalue weighted by Gasteiger charge is 2.26. The summed E-state index contributed by atoms with van der Waals surface area (Å²) in [6.45, 7) is 3.00. The zero-order valence-electron chi connectivity index (χ0n) is 21.7. The van der Waals surface area contributed by atoms with Crippen molar-refractivity contribution < 1.29 is 9.53 Å². The monoisotopic (exact) mass is 528 g/mol. The molecule has 1 aliphatic rings. The average molecular weight is 529 g/mol. The molecule has 196 valence electrons. The number of carbonyl (C=O) groups excluding carboxylic acids is 1. The van der Waals surface area contributed by atoms with Gasteiger partial charge in [-0.3, -0.25) is 9.78 Å². The second kappa shape index (κ2) is 12.3. The summed E-state index contributed by atoms with van der Waals surface area (Å²) in [6.07, 6.45) is 9.53. The maximum Gasteiger partial charge on any atom is 0.246 e. The molecule has 1 atom stereocenters. The smallest absolute Gasteiger partial charge is 0.246 e. The summed E-state index contributed by atoms with van der Waals surface area (Å²) in [5.74, 6) is 0.856. The number of hydrogen-bond acceptors (Lipinski definition) is 8. The van der Waals surface area contributed by atoms with Gasteiger partial charge < -0.3 is 19.9 Å². The number of benzene rings is 1. The van der Waals surface area contributed by atoms with Gasteiger partial charge >= 0.3 is 0 Å². The summed E-state index contributed by atoms with van der Waals surface area (Å²) in [7, 11) is 3.97. The number of likely N-dealkylation sites (N-methyl/N-ethyl adjacent to an activating group) is 1. The first-order chi connectivity index (χ1) is 18.6. The van der Waals surface area contributed by atoms with E-state index in [0.717, 1.165) is 40.1 Å². The molecule has 0 saturated carbocycles. The van der Waals surface area contributed by atoms with Gasteiger partial charge in [-0.05, 0) is 49.3 Å². The number of anilines is 1. The number of fused-ring (bicyclic) bond motifs is 3. The fourth-order valence-corrected chi connectivity index (χ4v) is 5.74. The Kier molecular flexibility index (Phi) is 8.37. The molecule has 1 aliphatic heterocycles. The maximum absolute atomic E-state index is 12.7. The van der Waals surface area contributed by atoms with Crippen molar-refractivity contribution in [2.45, 2.75) is 25.6 Å². The lowest BCUT2D eigenvalue weighted by Gasteiger charge is -2.26. The number of amides is 1. The third-order valence-corrected chi connectivity index (χ3v) is 7.62. The Bertz CT molecular complexity index is 1390. The number of ether oxygens (including phenoxy) is 1. The van der Waals surface area contributed by atoms with E-state index < -0.39 is 0 Å². The zero-order chi connectivity index (χ0) is 26.3. The van der Waals surface area contributed by atoms with E-state index in [1.807, 2.05) is 60.3 Å². The van der Waals surface area contributed by atoms with E-state index in [0.29, 0.717) is 26.3 Å². The Morgan fingerprint density at radius 3 is 2.79 bits per heavy atom. The first kappa shape index (κ1) is 26.0. The SMILES string of the molecule is CN(C)CC=CC(=O)N1CCc2c(sc3ncnc(N[C@H](COCc4ccncc4)c4ccccc4)c23)C1. The minimum absolute atomic E-state index is 0.0508. The number of carbonyl (C=O) groups is 1. The molecule has 0 spiro atoms. The molecule has 0 radical (unpaired) electrons. The van der Waals surface area contributed by atoms with Gasteiger partial charge in [0.2, 0.25) is 5.91 Å². The minimum atomic E-state index is -0.0878. The molecule has 3 aromatic heterocycles. The van der Waals surface area contributed by atoms with E-state index in [1.54, 1.807) is 36.1 Å². The number of nitrogens with one attached hydrogen (secondary N) is 1. The van der Waals surface area contributed by atoms with Gasteiger partial charge in [0.05, 0.1) is 31.2 Å². The van der Waals surface area contributed by atoms with Crippen LogP contribution in [0.1, 0.15) is 27.6 Å². The molecule has 5 rings (SSSR count). The molecule has 38 heavy (non-hydrogen) atoms. The molecule has 8 nitrogen and oxygen atoms in total. The van der Waals surface area contributed by atoms with E-state index in [2.05, 4.69) is 32.4 Å². The van der Waals surface area contributed by atoms with Gasteiger partial charge in [0.1, 0.15) is 17.0 Å². The second-order valence-electron chi connectivity index (χ2n) is 9.56. The quantitative estimate of drug-likeness (QED) is 0.304. The van der Waals surface area contributed by atoms with Crippen LogP contribution in [0.3, 0.4) is 0 Å². The summed E-state index contributed by atoms with van der Waals surface area (Å²) < 4.78 is 6.12. The Labute approximate surface area is 227 Å². The number of pyridine rings is 1. The number of hydrogen-bond donors (Lipinski definition) is 1. The Hall–Kier alpha value is -3.66. The number of nitrogens with zero attached hydrogens (tertiary/aromatic N) is 5. The number of aromatic nitrogens is 3. The van der Waals surface area contributed by atoms with Gasteiger partial charge in [0, 0.05) is 36.4 Å². The third kappa shape index (κ3) is 6.24. The third-order valence-electron chi connectivity index (χ3n) is 6.50. The van der Waals surface area contributed by atoms with Crippen molar-refractivity contribution in [2.75, 3.05) is 39.1 Å². The minimum Gasteiger partial charge on any atom is -0.374 e. The van der Waals surface area contributed by atoms with Crippen LogP contribution in [0, 0.1) is 0 Å². The number of thiophene rings is 1. The molecule has 1 aromatic carbocycles. The zero-order valence-corrected chi connectivity index (χ0v) is 22.5. The van der Waals surface area contributed by atoms with Crippen LogP contribution in [0.25, 0.3) is 10.2 Å². The van der Waals surface area contributed by atoms with Crippen LogP contribution in [0.5, 0.6) is 0 Å². The summed E-state index contributed by atoms with van der Waals surface area (Å²) in [5.41, 5.74) is 3.44. The molecule has 4 aromatic rings. The first-order valence-corrected chi connectivity index (χ1v) is 13.5. The van der Waals surface area contributed by atoms with Crippen LogP contribution in [-0.4, -0.2) is 64.5 Å². The fourth-order valence-electron chi connectivity index (χ4n) is 4.54. The Balaban J connectivity index is 1.35. The van der Waals surface area contributed by atoms with E-state index in [-0.39, 0.29) is 11.9 Å². The molecule has 0 aliphatic carbocycles. The molecule has 0 unspecified atom stereocenters. The highest BCUT2D eigenvalue weighted by atomic mass is 32.1. The van der Waals surface area contributed by atoms with E-state index >= 15 is 0 Å². The second-order valence-corrected chi connectivity index (χ2v) is 10.6. The molecule has 9 heteroatoms. The van der Waals surface area contributed by atoms with Crippen LogP contribution < -0.4 is 5.32 Å². The predicted octanol–water partition coefficient (Wildman–Crippen LogP) is 4.46. The van der Waals surface area contributed by atoms with Crippen molar-refractivity contribution in [1.29, 1.82) is 0 Å². The molecule has 1 amide bonds. The van der Waals surface area contributed by atoms with Gasteiger partial charge in [0.25, 0.3) is 0 Å². The molecular weight excluding hydrogens is 496 g/mol. The highest BCUT2D eigenvalue weighted by Crippen LogP contribution is 2.38. The summed E-state index contributed by atoms with van der Waals surface area (Å²) >= 11 is 1.65. The van der Waals surface area contributed by atoms with Gasteiger partial charge in [-0.25, -0.2) is 9.97 Å². The maximum atomic E-state index is 12.7. The van der Waals surface area contributed by atoms with E-state index in [4.69, 9.17) is 4.74 Å². The van der Waals surface area contributed by atoms with Crippen LogP contribution in [0.4, 0.5) is 5.82 Å². The first-order valence-electron chi connectivity index (χ1n) is 12.7. The van der Waals surface area contributed by atoms with Gasteiger partial charge in [0.15, 0.2) is 0 Å². The molecule has 1 N–H and O–H groups in total. The van der Waals surface area contributed by atoms with Crippen molar-refractivity contribution >= 4 is 33.3 Å². The summed E-state index contributed by atoms with van der Waals surface area (Å²) in [5, 5.41) is 4.71. The normalized spacial score (nSPS) is 14.2. The van der Waals surface area contributed by atoms with Crippen LogP contribution in [0.15, 0.2) is 73.3 Å². The van der Waals surface area contributed by atoms with Crippen molar-refractivity contribution in [3.63, 3.8) is 0 Å². The van der Waals surface area contributed by atoms with Crippen molar-refractivity contribution in [1.82, 2.24) is 24.8 Å².